The van der Waals surface area contributed by atoms with Crippen LogP contribution in [0, 0.1) is 13.8 Å². The fourth-order valence-corrected chi connectivity index (χ4v) is 1.80. The van der Waals surface area contributed by atoms with E-state index >= 15 is 0 Å². The zero-order valence-electron chi connectivity index (χ0n) is 9.24. The van der Waals surface area contributed by atoms with Crippen molar-refractivity contribution in [3.05, 3.63) is 46.0 Å². The lowest BCUT2D eigenvalue weighted by Gasteiger charge is -2.10. The number of hydrogen-bond acceptors (Lipinski definition) is 3. The lowest BCUT2D eigenvalue weighted by Crippen LogP contribution is -2.15. The van der Waals surface area contributed by atoms with Gasteiger partial charge in [0.1, 0.15) is 5.82 Å². The number of nitrogens with zero attached hydrogens (tertiary/aromatic N) is 1. The number of anilines is 1. The van der Waals surface area contributed by atoms with Crippen molar-refractivity contribution in [3.8, 4) is 11.1 Å². The van der Waals surface area contributed by atoms with Crippen molar-refractivity contribution in [2.75, 3.05) is 5.73 Å². The van der Waals surface area contributed by atoms with E-state index in [0.717, 1.165) is 22.4 Å². The van der Waals surface area contributed by atoms with Crippen LogP contribution in [0.15, 0.2) is 29.1 Å². The predicted octanol–water partition coefficient (Wildman–Crippen LogP) is 1.64. The average Bonchev–Trinajstić information content (AvgIpc) is 2.19. The summed E-state index contributed by atoms with van der Waals surface area (Å²) >= 11 is 0. The van der Waals surface area contributed by atoms with Crippen LogP contribution in [-0.4, -0.2) is 9.97 Å². The van der Waals surface area contributed by atoms with Gasteiger partial charge < -0.3 is 10.7 Å². The van der Waals surface area contributed by atoms with Crippen LogP contribution in [0.5, 0.6) is 0 Å². The largest absolute Gasteiger partial charge is 0.383 e. The molecule has 0 amide bonds. The quantitative estimate of drug-likeness (QED) is 0.759. The van der Waals surface area contributed by atoms with Crippen LogP contribution in [0.1, 0.15) is 11.3 Å². The molecule has 4 nitrogen and oxygen atoms in total. The minimum Gasteiger partial charge on any atom is -0.383 e. The number of nitrogens with one attached hydrogen (secondary N) is 1. The van der Waals surface area contributed by atoms with Crippen LogP contribution in [0.25, 0.3) is 11.1 Å². The summed E-state index contributed by atoms with van der Waals surface area (Å²) in [6.07, 6.45) is 0. The Hall–Kier alpha value is -2.10. The number of benzene rings is 1. The highest BCUT2D eigenvalue weighted by molar-refractivity contribution is 5.77. The molecule has 0 fully saturated rings. The first-order chi connectivity index (χ1) is 7.59. The van der Waals surface area contributed by atoms with Crippen molar-refractivity contribution in [1.29, 1.82) is 0 Å². The molecular weight excluding hydrogens is 202 g/mol. The number of H-pyrrole nitrogens is 1. The molecule has 1 aromatic carbocycles. The first-order valence-electron chi connectivity index (χ1n) is 5.02. The summed E-state index contributed by atoms with van der Waals surface area (Å²) in [6, 6.07) is 7.86. The van der Waals surface area contributed by atoms with Crippen molar-refractivity contribution < 1.29 is 0 Å². The maximum absolute atomic E-state index is 11.1. The molecule has 82 valence electrons. The van der Waals surface area contributed by atoms with Crippen LogP contribution < -0.4 is 11.4 Å². The van der Waals surface area contributed by atoms with Gasteiger partial charge in [0.15, 0.2) is 0 Å². The van der Waals surface area contributed by atoms with Gasteiger partial charge in [-0.1, -0.05) is 24.3 Å². The minimum absolute atomic E-state index is 0.274. The van der Waals surface area contributed by atoms with Crippen LogP contribution in [0.4, 0.5) is 5.82 Å². The highest BCUT2D eigenvalue weighted by atomic mass is 16.1. The van der Waals surface area contributed by atoms with Gasteiger partial charge in [0.25, 0.3) is 0 Å². The van der Waals surface area contributed by atoms with Crippen molar-refractivity contribution in [2.45, 2.75) is 13.8 Å². The fraction of sp³-hybridized carbons (Fsp3) is 0.167. The Balaban J connectivity index is 2.75. The standard InChI is InChI=1S/C12H13N3O/c1-7-5-3-4-6-9(7)10-8(2)14-12(16)15-11(10)13/h3-6H,1-2H3,(H3,13,14,15,16). The van der Waals surface area contributed by atoms with Crippen molar-refractivity contribution in [3.63, 3.8) is 0 Å². The topological polar surface area (TPSA) is 71.8 Å². The summed E-state index contributed by atoms with van der Waals surface area (Å²) in [5, 5.41) is 0. The number of aromatic amines is 1. The molecule has 0 aliphatic carbocycles. The molecule has 0 spiro atoms. The van der Waals surface area contributed by atoms with Gasteiger partial charge in [0.2, 0.25) is 0 Å². The van der Waals surface area contributed by atoms with E-state index in [4.69, 9.17) is 5.73 Å². The van der Waals surface area contributed by atoms with Crippen molar-refractivity contribution in [1.82, 2.24) is 9.97 Å². The molecule has 3 N–H and O–H groups in total. The van der Waals surface area contributed by atoms with E-state index in [-0.39, 0.29) is 5.82 Å². The average molecular weight is 215 g/mol. The molecule has 0 saturated carbocycles. The maximum Gasteiger partial charge on any atom is 0.347 e. The SMILES string of the molecule is Cc1ccccc1-c1c(N)nc(=O)[nH]c1C. The summed E-state index contributed by atoms with van der Waals surface area (Å²) in [6.45, 7) is 3.82. The van der Waals surface area contributed by atoms with E-state index in [1.807, 2.05) is 38.1 Å². The molecular formula is C12H13N3O. The van der Waals surface area contributed by atoms with Crippen molar-refractivity contribution in [2.24, 2.45) is 0 Å². The van der Waals surface area contributed by atoms with Gasteiger partial charge in [-0.25, -0.2) is 4.79 Å². The Morgan fingerprint density at radius 3 is 2.56 bits per heavy atom. The van der Waals surface area contributed by atoms with Crippen LogP contribution in [-0.2, 0) is 0 Å². The Morgan fingerprint density at radius 1 is 1.25 bits per heavy atom. The van der Waals surface area contributed by atoms with Gasteiger partial charge in [0.05, 0.1) is 0 Å². The molecule has 0 unspecified atom stereocenters. The van der Waals surface area contributed by atoms with E-state index < -0.39 is 5.69 Å². The lowest BCUT2D eigenvalue weighted by atomic mass is 10.00. The van der Waals surface area contributed by atoms with Gasteiger partial charge in [-0.2, -0.15) is 4.98 Å². The zero-order valence-corrected chi connectivity index (χ0v) is 9.24. The Morgan fingerprint density at radius 2 is 1.94 bits per heavy atom. The van der Waals surface area contributed by atoms with E-state index in [2.05, 4.69) is 9.97 Å². The molecule has 0 atom stereocenters. The predicted molar refractivity (Wildman–Crippen MR) is 64.2 cm³/mol. The summed E-state index contributed by atoms with van der Waals surface area (Å²) in [5.41, 5.74) is 9.03. The Bertz CT molecular complexity index is 561. The second-order valence-electron chi connectivity index (χ2n) is 3.74. The monoisotopic (exact) mass is 215 g/mol. The molecule has 0 aliphatic heterocycles. The summed E-state index contributed by atoms with van der Waals surface area (Å²) < 4.78 is 0. The first-order valence-corrected chi connectivity index (χ1v) is 5.02. The van der Waals surface area contributed by atoms with E-state index in [1.165, 1.54) is 0 Å². The first kappa shape index (κ1) is 10.4. The minimum atomic E-state index is -0.410. The number of nitrogens with two attached hydrogens (primary N) is 1. The lowest BCUT2D eigenvalue weighted by molar-refractivity contribution is 1.04. The van der Waals surface area contributed by atoms with Gasteiger partial charge in [-0.15, -0.1) is 0 Å². The van der Waals surface area contributed by atoms with Gasteiger partial charge in [0, 0.05) is 11.3 Å². The Labute approximate surface area is 93.2 Å². The normalized spacial score (nSPS) is 10.4. The molecule has 2 rings (SSSR count). The zero-order chi connectivity index (χ0) is 11.7. The Kier molecular flexibility index (Phi) is 2.48. The number of hydrogen-bond donors (Lipinski definition) is 2. The highest BCUT2D eigenvalue weighted by Gasteiger charge is 2.10. The van der Waals surface area contributed by atoms with E-state index in [1.54, 1.807) is 0 Å². The smallest absolute Gasteiger partial charge is 0.347 e. The van der Waals surface area contributed by atoms with Crippen LogP contribution in [0.3, 0.4) is 0 Å². The molecule has 0 aliphatic rings. The van der Waals surface area contributed by atoms with Gasteiger partial charge >= 0.3 is 5.69 Å². The van der Waals surface area contributed by atoms with Gasteiger partial charge in [-0.3, -0.25) is 0 Å². The summed E-state index contributed by atoms with van der Waals surface area (Å²) in [7, 11) is 0. The summed E-state index contributed by atoms with van der Waals surface area (Å²) in [4.78, 5) is 17.5. The molecule has 0 saturated heterocycles. The fourth-order valence-electron chi connectivity index (χ4n) is 1.80. The van der Waals surface area contributed by atoms with Gasteiger partial charge in [-0.05, 0) is 25.0 Å². The molecule has 4 heteroatoms. The molecule has 0 bridgehead atoms. The summed E-state index contributed by atoms with van der Waals surface area (Å²) in [5.74, 6) is 0.274. The van der Waals surface area contributed by atoms with Crippen molar-refractivity contribution >= 4 is 5.82 Å². The maximum atomic E-state index is 11.1. The molecule has 0 radical (unpaired) electrons. The molecule has 1 heterocycles. The number of rotatable bonds is 1. The third-order valence-corrected chi connectivity index (χ3v) is 2.56. The van der Waals surface area contributed by atoms with E-state index in [0.29, 0.717) is 0 Å². The highest BCUT2D eigenvalue weighted by Crippen LogP contribution is 2.28. The number of aromatic nitrogens is 2. The van der Waals surface area contributed by atoms with E-state index in [9.17, 15) is 4.79 Å². The molecule has 16 heavy (non-hydrogen) atoms. The van der Waals surface area contributed by atoms with Crippen LogP contribution >= 0.6 is 0 Å². The number of nitrogen functional groups attached to an aromatic ring is 1. The second kappa shape index (κ2) is 3.81. The molecule has 2 aromatic rings. The van der Waals surface area contributed by atoms with Crippen LogP contribution in [0.2, 0.25) is 0 Å². The third kappa shape index (κ3) is 1.69. The second-order valence-corrected chi connectivity index (χ2v) is 3.74. The molecule has 1 aromatic heterocycles. The number of aryl methyl sites for hydroxylation is 2. The third-order valence-electron chi connectivity index (χ3n) is 2.56.